The van der Waals surface area contributed by atoms with Gasteiger partial charge in [-0.1, -0.05) is 13.0 Å². The number of hydrogen-bond acceptors (Lipinski definition) is 5. The number of rotatable bonds is 6. The zero-order chi connectivity index (χ0) is 14.5. The molecule has 0 aliphatic rings. The summed E-state index contributed by atoms with van der Waals surface area (Å²) in [5, 5.41) is 15.8. The van der Waals surface area contributed by atoms with E-state index in [-0.39, 0.29) is 6.04 Å². The average Bonchev–Trinajstić information content (AvgIpc) is 2.80. The molecule has 0 amide bonds. The Morgan fingerprint density at radius 3 is 2.70 bits per heavy atom. The first kappa shape index (κ1) is 14.6. The summed E-state index contributed by atoms with van der Waals surface area (Å²) >= 11 is 0. The lowest BCUT2D eigenvalue weighted by Gasteiger charge is -2.19. The van der Waals surface area contributed by atoms with Crippen LogP contribution in [0.1, 0.15) is 42.2 Å². The highest BCUT2D eigenvalue weighted by Crippen LogP contribution is 2.19. The summed E-state index contributed by atoms with van der Waals surface area (Å²) in [4.78, 5) is 6.04. The molecule has 108 valence electrons. The van der Waals surface area contributed by atoms with Crippen molar-refractivity contribution in [3.05, 3.63) is 34.9 Å². The van der Waals surface area contributed by atoms with Crippen molar-refractivity contribution in [2.45, 2.75) is 39.7 Å². The molecule has 2 rings (SSSR count). The number of pyridine rings is 1. The first-order valence-corrected chi connectivity index (χ1v) is 7.00. The van der Waals surface area contributed by atoms with E-state index in [1.54, 1.807) is 7.05 Å². The third-order valence-corrected chi connectivity index (χ3v) is 3.22. The summed E-state index contributed by atoms with van der Waals surface area (Å²) in [6.45, 7) is 7.17. The summed E-state index contributed by atoms with van der Waals surface area (Å²) < 4.78 is 0. The highest BCUT2D eigenvalue weighted by atomic mass is 15.6. The molecule has 0 spiro atoms. The van der Waals surface area contributed by atoms with Crippen LogP contribution in [-0.4, -0.2) is 31.7 Å². The van der Waals surface area contributed by atoms with Gasteiger partial charge in [0, 0.05) is 23.9 Å². The molecule has 0 aliphatic carbocycles. The van der Waals surface area contributed by atoms with Crippen molar-refractivity contribution >= 4 is 0 Å². The van der Waals surface area contributed by atoms with E-state index in [0.717, 1.165) is 36.6 Å². The summed E-state index contributed by atoms with van der Waals surface area (Å²) in [5.74, 6) is 0.751. The number of hydrogen-bond donors (Lipinski definition) is 1. The van der Waals surface area contributed by atoms with Crippen LogP contribution in [0.2, 0.25) is 0 Å². The first-order valence-electron chi connectivity index (χ1n) is 7.00. The van der Waals surface area contributed by atoms with Crippen molar-refractivity contribution in [1.29, 1.82) is 0 Å². The lowest BCUT2D eigenvalue weighted by molar-refractivity contribution is 0.513. The Bertz CT molecular complexity index is 563. The highest BCUT2D eigenvalue weighted by molar-refractivity contribution is 5.25. The second-order valence-corrected chi connectivity index (χ2v) is 5.03. The monoisotopic (exact) mass is 274 g/mol. The van der Waals surface area contributed by atoms with E-state index in [4.69, 9.17) is 0 Å². The second-order valence-electron chi connectivity index (χ2n) is 5.03. The molecule has 0 bridgehead atoms. The Kier molecular flexibility index (Phi) is 4.79. The normalized spacial score (nSPS) is 12.6. The van der Waals surface area contributed by atoms with Crippen molar-refractivity contribution in [2.75, 3.05) is 6.54 Å². The van der Waals surface area contributed by atoms with Gasteiger partial charge in [-0.15, -0.1) is 10.2 Å². The van der Waals surface area contributed by atoms with Gasteiger partial charge in [-0.2, -0.15) is 4.80 Å². The lowest BCUT2D eigenvalue weighted by Crippen LogP contribution is -2.25. The van der Waals surface area contributed by atoms with Gasteiger partial charge in [-0.25, -0.2) is 0 Å². The fourth-order valence-electron chi connectivity index (χ4n) is 2.26. The van der Waals surface area contributed by atoms with Crippen molar-refractivity contribution in [3.63, 3.8) is 0 Å². The molecule has 20 heavy (non-hydrogen) atoms. The van der Waals surface area contributed by atoms with Gasteiger partial charge >= 0.3 is 0 Å². The lowest BCUT2D eigenvalue weighted by atomic mass is 10.0. The van der Waals surface area contributed by atoms with Gasteiger partial charge in [0.2, 0.25) is 0 Å². The molecule has 6 heteroatoms. The van der Waals surface area contributed by atoms with Crippen molar-refractivity contribution < 1.29 is 0 Å². The molecular weight excluding hydrogens is 252 g/mol. The van der Waals surface area contributed by atoms with E-state index >= 15 is 0 Å². The maximum atomic E-state index is 4.55. The zero-order valence-corrected chi connectivity index (χ0v) is 12.6. The van der Waals surface area contributed by atoms with Crippen LogP contribution >= 0.6 is 0 Å². The predicted octanol–water partition coefficient (Wildman–Crippen LogP) is 1.51. The molecule has 2 aromatic rings. The van der Waals surface area contributed by atoms with Crippen molar-refractivity contribution in [1.82, 2.24) is 30.5 Å². The Hall–Kier alpha value is -1.82. The molecule has 1 atom stereocenters. The Balaban J connectivity index is 2.22. The summed E-state index contributed by atoms with van der Waals surface area (Å²) in [6, 6.07) is 4.36. The highest BCUT2D eigenvalue weighted by Gasteiger charge is 2.17. The van der Waals surface area contributed by atoms with E-state index < -0.39 is 0 Å². The molecular formula is C14H22N6. The minimum absolute atomic E-state index is 0.173. The quantitative estimate of drug-likeness (QED) is 0.864. The Morgan fingerprint density at radius 1 is 1.30 bits per heavy atom. The number of nitrogens with one attached hydrogen (secondary N) is 1. The van der Waals surface area contributed by atoms with Crippen LogP contribution < -0.4 is 5.32 Å². The number of aromatic nitrogens is 5. The molecule has 0 saturated heterocycles. The van der Waals surface area contributed by atoms with Gasteiger partial charge in [0.1, 0.15) is 0 Å². The molecule has 0 fully saturated rings. The minimum Gasteiger partial charge on any atom is -0.309 e. The average molecular weight is 274 g/mol. The maximum absolute atomic E-state index is 4.55. The molecule has 2 heterocycles. The molecule has 1 N–H and O–H groups in total. The predicted molar refractivity (Wildman–Crippen MR) is 77.2 cm³/mol. The van der Waals surface area contributed by atoms with Crippen LogP contribution in [0.25, 0.3) is 0 Å². The van der Waals surface area contributed by atoms with Gasteiger partial charge in [-0.05, 0) is 43.7 Å². The van der Waals surface area contributed by atoms with E-state index in [2.05, 4.69) is 38.7 Å². The summed E-state index contributed by atoms with van der Waals surface area (Å²) in [7, 11) is 1.78. The van der Waals surface area contributed by atoms with Crippen LogP contribution in [0.3, 0.4) is 0 Å². The fourth-order valence-corrected chi connectivity index (χ4v) is 2.26. The van der Waals surface area contributed by atoms with Gasteiger partial charge in [0.25, 0.3) is 0 Å². The van der Waals surface area contributed by atoms with Crippen molar-refractivity contribution in [3.8, 4) is 0 Å². The van der Waals surface area contributed by atoms with E-state index in [0.29, 0.717) is 0 Å². The van der Waals surface area contributed by atoms with Gasteiger partial charge < -0.3 is 5.32 Å². The fraction of sp³-hybridized carbons (Fsp3) is 0.571. The largest absolute Gasteiger partial charge is 0.309 e. The SMILES string of the molecule is CCCNC(Cc1nnn(C)n1)c1ccc(C)nc1C. The third-order valence-electron chi connectivity index (χ3n) is 3.22. The van der Waals surface area contributed by atoms with Crippen molar-refractivity contribution in [2.24, 2.45) is 7.05 Å². The first-order chi connectivity index (χ1) is 9.60. The number of aryl methyl sites for hydroxylation is 3. The molecule has 0 saturated carbocycles. The van der Waals surface area contributed by atoms with Crippen LogP contribution in [-0.2, 0) is 13.5 Å². The molecule has 0 aromatic carbocycles. The summed E-state index contributed by atoms with van der Waals surface area (Å²) in [6.07, 6.45) is 1.81. The topological polar surface area (TPSA) is 68.5 Å². The third kappa shape index (κ3) is 3.60. The Morgan fingerprint density at radius 2 is 2.10 bits per heavy atom. The second kappa shape index (κ2) is 6.56. The van der Waals surface area contributed by atoms with E-state index in [1.165, 1.54) is 10.4 Å². The molecule has 0 aliphatic heterocycles. The van der Waals surface area contributed by atoms with E-state index in [9.17, 15) is 0 Å². The van der Waals surface area contributed by atoms with Crippen LogP contribution in [0.4, 0.5) is 0 Å². The van der Waals surface area contributed by atoms with Gasteiger partial charge in [-0.3, -0.25) is 4.98 Å². The van der Waals surface area contributed by atoms with Crippen LogP contribution in [0, 0.1) is 13.8 Å². The smallest absolute Gasteiger partial charge is 0.176 e. The molecule has 1 unspecified atom stereocenters. The Labute approximate surface area is 119 Å². The number of nitrogens with zero attached hydrogens (tertiary/aromatic N) is 5. The minimum atomic E-state index is 0.173. The standard InChI is InChI=1S/C14H22N6/c1-5-8-15-13(9-14-17-19-20(4)18-14)12-7-6-10(2)16-11(12)3/h6-7,13,15H,5,8-9H2,1-4H3. The zero-order valence-electron chi connectivity index (χ0n) is 12.6. The molecule has 6 nitrogen and oxygen atoms in total. The van der Waals surface area contributed by atoms with Crippen LogP contribution in [0.5, 0.6) is 0 Å². The number of tetrazole rings is 1. The molecule has 0 radical (unpaired) electrons. The maximum Gasteiger partial charge on any atom is 0.176 e. The van der Waals surface area contributed by atoms with E-state index in [1.807, 2.05) is 19.9 Å². The summed E-state index contributed by atoms with van der Waals surface area (Å²) in [5.41, 5.74) is 3.30. The molecule has 2 aromatic heterocycles. The van der Waals surface area contributed by atoms with Gasteiger partial charge in [0.05, 0.1) is 7.05 Å². The van der Waals surface area contributed by atoms with Gasteiger partial charge in [0.15, 0.2) is 5.82 Å². The van der Waals surface area contributed by atoms with Crippen LogP contribution in [0.15, 0.2) is 12.1 Å².